The minimum absolute atomic E-state index is 0.0129. The molecule has 7 heteroatoms. The van der Waals surface area contributed by atoms with Gasteiger partial charge in [-0.25, -0.2) is 4.79 Å². The Bertz CT molecular complexity index is 912. The highest BCUT2D eigenvalue weighted by Crippen LogP contribution is 2.34. The van der Waals surface area contributed by atoms with E-state index in [0.29, 0.717) is 6.54 Å². The number of benzene rings is 2. The lowest BCUT2D eigenvalue weighted by Crippen LogP contribution is -2.39. The first kappa shape index (κ1) is 19.7. The standard InChI is InChI=1S/C21H20N2O4S/c1-15(24)22-17(13-16-7-3-2-4-8-16)21(26)27-14-20(25)23-11-12-28-19-10-6-5-9-18(19)23/h2-10,13H,11-12,14H2,1H3,(H,22,24)/b17-13+. The molecule has 28 heavy (non-hydrogen) atoms. The Labute approximate surface area is 167 Å². The number of carbonyl (C=O) groups excluding carboxylic acids is 3. The number of anilines is 1. The highest BCUT2D eigenvalue weighted by molar-refractivity contribution is 7.99. The van der Waals surface area contributed by atoms with Crippen molar-refractivity contribution in [1.29, 1.82) is 0 Å². The van der Waals surface area contributed by atoms with Gasteiger partial charge in [-0.3, -0.25) is 9.59 Å². The number of esters is 1. The molecule has 144 valence electrons. The number of fused-ring (bicyclic) bond motifs is 1. The van der Waals surface area contributed by atoms with Crippen molar-refractivity contribution in [3.8, 4) is 0 Å². The van der Waals surface area contributed by atoms with E-state index >= 15 is 0 Å². The Balaban J connectivity index is 1.68. The number of amides is 2. The average molecular weight is 396 g/mol. The van der Waals surface area contributed by atoms with Crippen LogP contribution in [0.15, 0.2) is 65.2 Å². The normalized spacial score (nSPS) is 13.5. The summed E-state index contributed by atoms with van der Waals surface area (Å²) in [5.41, 5.74) is 1.54. The molecule has 1 N–H and O–H groups in total. The summed E-state index contributed by atoms with van der Waals surface area (Å²) in [7, 11) is 0. The fraction of sp³-hybridized carbons (Fsp3) is 0.190. The van der Waals surface area contributed by atoms with Crippen LogP contribution in [-0.4, -0.2) is 36.7 Å². The molecule has 1 aliphatic rings. The Kier molecular flexibility index (Phi) is 6.49. The predicted molar refractivity (Wildman–Crippen MR) is 109 cm³/mol. The van der Waals surface area contributed by atoms with Crippen molar-refractivity contribution < 1.29 is 19.1 Å². The number of hydrogen-bond donors (Lipinski definition) is 1. The van der Waals surface area contributed by atoms with E-state index in [0.717, 1.165) is 21.9 Å². The van der Waals surface area contributed by atoms with Crippen molar-refractivity contribution >= 4 is 41.3 Å². The molecule has 0 atom stereocenters. The van der Waals surface area contributed by atoms with Crippen LogP contribution < -0.4 is 10.2 Å². The molecule has 0 radical (unpaired) electrons. The van der Waals surface area contributed by atoms with Gasteiger partial charge in [0.2, 0.25) is 5.91 Å². The van der Waals surface area contributed by atoms with Crippen molar-refractivity contribution in [2.24, 2.45) is 0 Å². The fourth-order valence-electron chi connectivity index (χ4n) is 2.76. The molecule has 0 saturated carbocycles. The second-order valence-electron chi connectivity index (χ2n) is 6.09. The minimum Gasteiger partial charge on any atom is -0.451 e. The van der Waals surface area contributed by atoms with E-state index in [9.17, 15) is 14.4 Å². The van der Waals surface area contributed by atoms with Crippen molar-refractivity contribution in [2.75, 3.05) is 23.8 Å². The zero-order chi connectivity index (χ0) is 19.9. The number of rotatable bonds is 5. The SMILES string of the molecule is CC(=O)N/C(=C/c1ccccc1)C(=O)OCC(=O)N1CCSc2ccccc21. The van der Waals surface area contributed by atoms with Gasteiger partial charge in [-0.2, -0.15) is 0 Å². The Morgan fingerprint density at radius 3 is 2.57 bits per heavy atom. The van der Waals surface area contributed by atoms with E-state index in [2.05, 4.69) is 5.32 Å². The van der Waals surface area contributed by atoms with Gasteiger partial charge in [0, 0.05) is 24.1 Å². The molecule has 0 aromatic heterocycles. The number of carbonyl (C=O) groups is 3. The second kappa shape index (κ2) is 9.23. The fourth-order valence-corrected chi connectivity index (χ4v) is 3.76. The molecule has 0 unspecified atom stereocenters. The van der Waals surface area contributed by atoms with Crippen molar-refractivity contribution in [3.05, 3.63) is 65.9 Å². The molecule has 0 fully saturated rings. The topological polar surface area (TPSA) is 75.7 Å². The van der Waals surface area contributed by atoms with Crippen LogP contribution in [0.1, 0.15) is 12.5 Å². The zero-order valence-electron chi connectivity index (χ0n) is 15.4. The van der Waals surface area contributed by atoms with Gasteiger partial charge in [0.05, 0.1) is 5.69 Å². The van der Waals surface area contributed by atoms with Crippen molar-refractivity contribution in [2.45, 2.75) is 11.8 Å². The van der Waals surface area contributed by atoms with Gasteiger partial charge in [-0.15, -0.1) is 11.8 Å². The van der Waals surface area contributed by atoms with Gasteiger partial charge in [-0.1, -0.05) is 42.5 Å². The van der Waals surface area contributed by atoms with Crippen LogP contribution in [0.25, 0.3) is 6.08 Å². The number of ether oxygens (including phenoxy) is 1. The second-order valence-corrected chi connectivity index (χ2v) is 7.22. The van der Waals surface area contributed by atoms with Crippen LogP contribution in [0.4, 0.5) is 5.69 Å². The van der Waals surface area contributed by atoms with E-state index < -0.39 is 18.5 Å². The summed E-state index contributed by atoms with van der Waals surface area (Å²) in [6.07, 6.45) is 1.51. The molecule has 1 heterocycles. The average Bonchev–Trinajstić information content (AvgIpc) is 2.71. The predicted octanol–water partition coefficient (Wildman–Crippen LogP) is 2.85. The highest BCUT2D eigenvalue weighted by Gasteiger charge is 2.24. The third-order valence-electron chi connectivity index (χ3n) is 4.00. The van der Waals surface area contributed by atoms with E-state index in [4.69, 9.17) is 4.74 Å². The largest absolute Gasteiger partial charge is 0.451 e. The molecule has 0 aliphatic carbocycles. The van der Waals surface area contributed by atoms with E-state index in [1.807, 2.05) is 42.5 Å². The molecular weight excluding hydrogens is 376 g/mol. The molecule has 0 bridgehead atoms. The van der Waals surface area contributed by atoms with Gasteiger partial charge < -0.3 is 15.0 Å². The summed E-state index contributed by atoms with van der Waals surface area (Å²) in [5, 5.41) is 2.47. The van der Waals surface area contributed by atoms with Crippen LogP contribution >= 0.6 is 11.8 Å². The zero-order valence-corrected chi connectivity index (χ0v) is 16.2. The number of nitrogens with zero attached hydrogens (tertiary/aromatic N) is 1. The maximum Gasteiger partial charge on any atom is 0.355 e. The highest BCUT2D eigenvalue weighted by atomic mass is 32.2. The van der Waals surface area contributed by atoms with Crippen LogP contribution in [0.5, 0.6) is 0 Å². The summed E-state index contributed by atoms with van der Waals surface area (Å²) in [5.74, 6) is -0.677. The van der Waals surface area contributed by atoms with Gasteiger partial charge in [0.25, 0.3) is 5.91 Å². The lowest BCUT2D eigenvalue weighted by atomic mass is 10.2. The Morgan fingerprint density at radius 1 is 1.11 bits per heavy atom. The maximum absolute atomic E-state index is 12.6. The lowest BCUT2D eigenvalue weighted by molar-refractivity contribution is -0.144. The molecule has 0 spiro atoms. The molecule has 6 nitrogen and oxygen atoms in total. The van der Waals surface area contributed by atoms with Crippen LogP contribution in [-0.2, 0) is 19.1 Å². The molecule has 2 aromatic rings. The summed E-state index contributed by atoms with van der Waals surface area (Å²) in [6.45, 7) is 1.46. The number of hydrogen-bond acceptors (Lipinski definition) is 5. The quantitative estimate of drug-likeness (QED) is 0.621. The molecular formula is C21H20N2O4S. The van der Waals surface area contributed by atoms with Gasteiger partial charge >= 0.3 is 5.97 Å². The maximum atomic E-state index is 12.6. The smallest absolute Gasteiger partial charge is 0.355 e. The first-order valence-electron chi connectivity index (χ1n) is 8.78. The molecule has 0 saturated heterocycles. The van der Waals surface area contributed by atoms with Crippen molar-refractivity contribution in [3.63, 3.8) is 0 Å². The Morgan fingerprint density at radius 2 is 1.82 bits per heavy atom. The van der Waals surface area contributed by atoms with E-state index in [1.54, 1.807) is 28.8 Å². The van der Waals surface area contributed by atoms with Crippen LogP contribution in [0.3, 0.4) is 0 Å². The lowest BCUT2D eigenvalue weighted by Gasteiger charge is -2.28. The number of nitrogens with one attached hydrogen (secondary N) is 1. The Hall–Kier alpha value is -3.06. The summed E-state index contributed by atoms with van der Waals surface area (Å²) in [6, 6.07) is 16.7. The van der Waals surface area contributed by atoms with Gasteiger partial charge in [0.15, 0.2) is 6.61 Å². The van der Waals surface area contributed by atoms with Gasteiger partial charge in [-0.05, 0) is 23.8 Å². The molecule has 2 aromatic carbocycles. The third-order valence-corrected chi connectivity index (χ3v) is 5.04. The van der Waals surface area contributed by atoms with Crippen LogP contribution in [0.2, 0.25) is 0 Å². The number of para-hydroxylation sites is 1. The third kappa shape index (κ3) is 5.01. The first-order valence-corrected chi connectivity index (χ1v) is 9.77. The van der Waals surface area contributed by atoms with Crippen molar-refractivity contribution in [1.82, 2.24) is 5.32 Å². The molecule has 1 aliphatic heterocycles. The minimum atomic E-state index is -0.757. The van der Waals surface area contributed by atoms with Crippen LogP contribution in [0, 0.1) is 0 Å². The first-order chi connectivity index (χ1) is 13.5. The molecule has 3 rings (SSSR count). The number of thioether (sulfide) groups is 1. The monoisotopic (exact) mass is 396 g/mol. The van der Waals surface area contributed by atoms with E-state index in [-0.39, 0.29) is 11.6 Å². The van der Waals surface area contributed by atoms with E-state index in [1.165, 1.54) is 13.0 Å². The summed E-state index contributed by atoms with van der Waals surface area (Å²) in [4.78, 5) is 39.1. The summed E-state index contributed by atoms with van der Waals surface area (Å²) < 4.78 is 5.19. The molecule has 2 amide bonds. The summed E-state index contributed by atoms with van der Waals surface area (Å²) >= 11 is 1.69. The van der Waals surface area contributed by atoms with Gasteiger partial charge in [0.1, 0.15) is 5.70 Å².